The van der Waals surface area contributed by atoms with E-state index in [1.54, 1.807) is 19.2 Å². The Morgan fingerprint density at radius 2 is 1.73 bits per heavy atom. The summed E-state index contributed by atoms with van der Waals surface area (Å²) >= 11 is 0. The molecule has 1 aliphatic carbocycles. The molecule has 5 rings (SSSR count). The van der Waals surface area contributed by atoms with Crippen LogP contribution in [0.25, 0.3) is 0 Å². The Balaban J connectivity index is 1.34. The van der Waals surface area contributed by atoms with Crippen LogP contribution in [-0.2, 0) is 35.4 Å². The molecule has 0 radical (unpaired) electrons. The summed E-state index contributed by atoms with van der Waals surface area (Å²) in [5.74, 6) is 0.332. The first-order valence-corrected chi connectivity index (χ1v) is 18.4. The number of sulfonamides is 1. The molecule has 2 saturated heterocycles. The number of nitrogens with zero attached hydrogens (tertiary/aromatic N) is 1. The van der Waals surface area contributed by atoms with Gasteiger partial charge in [-0.25, -0.2) is 18.0 Å². The highest BCUT2D eigenvalue weighted by Crippen LogP contribution is 2.49. The third-order valence-electron chi connectivity index (χ3n) is 9.81. The van der Waals surface area contributed by atoms with E-state index in [4.69, 9.17) is 18.9 Å². The third kappa shape index (κ3) is 9.23. The van der Waals surface area contributed by atoms with Crippen LogP contribution < -0.4 is 16.0 Å². The van der Waals surface area contributed by atoms with Crippen molar-refractivity contribution in [1.82, 2.24) is 14.9 Å². The molecule has 2 heterocycles. The van der Waals surface area contributed by atoms with E-state index in [2.05, 4.69) is 16.0 Å². The van der Waals surface area contributed by atoms with Gasteiger partial charge in [0.15, 0.2) is 6.29 Å². The van der Waals surface area contributed by atoms with Crippen LogP contribution in [0.3, 0.4) is 0 Å². The van der Waals surface area contributed by atoms with E-state index in [-0.39, 0.29) is 61.2 Å². The maximum atomic E-state index is 14.2. The molecule has 2 aliphatic heterocycles. The maximum absolute atomic E-state index is 14.2. The van der Waals surface area contributed by atoms with Gasteiger partial charge in [-0.3, -0.25) is 0 Å². The summed E-state index contributed by atoms with van der Waals surface area (Å²) in [6.07, 6.45) is -0.934. The molecule has 4 N–H and O–H groups in total. The number of aliphatic hydroxyl groups is 1. The summed E-state index contributed by atoms with van der Waals surface area (Å²) < 4.78 is 52.4. The Labute approximate surface area is 289 Å². The highest BCUT2D eigenvalue weighted by Gasteiger charge is 2.56. The second-order valence-corrected chi connectivity index (χ2v) is 15.9. The summed E-state index contributed by atoms with van der Waals surface area (Å²) in [6.45, 7) is 4.75. The second-order valence-electron chi connectivity index (χ2n) is 14.0. The maximum Gasteiger partial charge on any atom is 0.407 e. The molecule has 49 heavy (non-hydrogen) atoms. The van der Waals surface area contributed by atoms with Crippen LogP contribution in [0.2, 0.25) is 0 Å². The van der Waals surface area contributed by atoms with E-state index in [9.17, 15) is 23.1 Å². The number of aliphatic hydroxyl groups excluding tert-OH is 1. The van der Waals surface area contributed by atoms with E-state index < -0.39 is 39.8 Å². The highest BCUT2D eigenvalue weighted by atomic mass is 32.2. The van der Waals surface area contributed by atoms with Gasteiger partial charge in [0.05, 0.1) is 36.9 Å². The van der Waals surface area contributed by atoms with Crippen LogP contribution in [-0.4, -0.2) is 102 Å². The molecule has 270 valence electrons. The standard InChI is InChI=1S/C35H50N4O9S/c1-35(2,15-8-16-45-33(41)37-4)22-39(49(43,44)26-13-11-25(36-3)12-14-26)19-30(40)29(17-23-9-6-5-7-10-23)38-34(42)48-31-24-18-27-28(31)21-47-32(27)46-20-24/h5-7,9-14,24,27-32,36,40H,8,15-22H2,1-4H3,(H,37,41)(H,38,42)/t24?,27?,28?,29-,30+,31?,32?/m0/s1. The van der Waals surface area contributed by atoms with E-state index in [0.717, 1.165) is 17.7 Å². The van der Waals surface area contributed by atoms with Gasteiger partial charge >= 0.3 is 12.2 Å². The van der Waals surface area contributed by atoms with Gasteiger partial charge in [0.1, 0.15) is 6.10 Å². The van der Waals surface area contributed by atoms with Crippen LogP contribution >= 0.6 is 0 Å². The molecule has 5 unspecified atom stereocenters. The Morgan fingerprint density at radius 1 is 1.02 bits per heavy atom. The number of benzene rings is 2. The van der Waals surface area contributed by atoms with Gasteiger partial charge < -0.3 is 40.0 Å². The fourth-order valence-electron chi connectivity index (χ4n) is 7.18. The molecule has 1 saturated carbocycles. The normalized spacial score (nSPS) is 24.2. The van der Waals surface area contributed by atoms with Crippen LogP contribution in [0.15, 0.2) is 59.5 Å². The average Bonchev–Trinajstić information content (AvgIpc) is 3.62. The molecule has 2 aromatic carbocycles. The van der Waals surface area contributed by atoms with Gasteiger partial charge in [0.25, 0.3) is 0 Å². The topological polar surface area (TPSA) is 165 Å². The summed E-state index contributed by atoms with van der Waals surface area (Å²) in [5, 5.41) is 20.1. The lowest BCUT2D eigenvalue weighted by Crippen LogP contribution is -2.52. The zero-order valence-corrected chi connectivity index (χ0v) is 29.5. The van der Waals surface area contributed by atoms with Crippen molar-refractivity contribution in [3.05, 3.63) is 60.2 Å². The number of hydrogen-bond acceptors (Lipinski definition) is 10. The monoisotopic (exact) mass is 702 g/mol. The first-order chi connectivity index (χ1) is 23.4. The lowest BCUT2D eigenvalue weighted by Gasteiger charge is -2.35. The van der Waals surface area contributed by atoms with Crippen molar-refractivity contribution in [1.29, 1.82) is 0 Å². The molecule has 2 bridgehead atoms. The van der Waals surface area contributed by atoms with Gasteiger partial charge in [-0.1, -0.05) is 44.2 Å². The zero-order chi connectivity index (χ0) is 35.2. The summed E-state index contributed by atoms with van der Waals surface area (Å²) in [6, 6.07) is 14.9. The van der Waals surface area contributed by atoms with Crippen molar-refractivity contribution < 1.29 is 42.1 Å². The van der Waals surface area contributed by atoms with Gasteiger partial charge in [-0.05, 0) is 60.9 Å². The molecule has 2 amide bonds. The van der Waals surface area contributed by atoms with Crippen LogP contribution in [0.1, 0.15) is 38.7 Å². The van der Waals surface area contributed by atoms with Crippen molar-refractivity contribution in [2.75, 3.05) is 52.3 Å². The van der Waals surface area contributed by atoms with E-state index >= 15 is 0 Å². The van der Waals surface area contributed by atoms with Gasteiger partial charge in [-0.2, -0.15) is 4.31 Å². The fraction of sp³-hybridized carbons (Fsp3) is 0.600. The summed E-state index contributed by atoms with van der Waals surface area (Å²) in [5.41, 5.74) is 1.05. The van der Waals surface area contributed by atoms with Crippen LogP contribution in [0.4, 0.5) is 15.3 Å². The number of anilines is 1. The SMILES string of the molecule is CNC(=O)OCCCC(C)(C)CN(C[C@@H](O)[C@H](Cc1ccccc1)NC(=O)OC1C2COC3OCC1C3C2)S(=O)(=O)c1ccc(NC)cc1. The van der Waals surface area contributed by atoms with E-state index in [1.165, 1.54) is 23.5 Å². The largest absolute Gasteiger partial charge is 0.450 e. The lowest BCUT2D eigenvalue weighted by atomic mass is 9.87. The molecular weight excluding hydrogens is 652 g/mol. The van der Waals surface area contributed by atoms with Crippen molar-refractivity contribution in [3.8, 4) is 0 Å². The van der Waals surface area contributed by atoms with Crippen molar-refractivity contribution in [2.45, 2.75) is 69.0 Å². The van der Waals surface area contributed by atoms with Gasteiger partial charge in [0.2, 0.25) is 10.0 Å². The van der Waals surface area contributed by atoms with E-state index in [0.29, 0.717) is 26.1 Å². The predicted molar refractivity (Wildman–Crippen MR) is 182 cm³/mol. The van der Waals surface area contributed by atoms with Crippen molar-refractivity contribution in [2.24, 2.45) is 23.2 Å². The fourth-order valence-corrected chi connectivity index (χ4v) is 8.83. The van der Waals surface area contributed by atoms with Crippen molar-refractivity contribution in [3.63, 3.8) is 0 Å². The molecule has 3 fully saturated rings. The molecule has 14 heteroatoms. The first-order valence-electron chi connectivity index (χ1n) is 16.9. The number of carbonyl (C=O) groups excluding carboxylic acids is 2. The Kier molecular flexibility index (Phi) is 12.1. The molecule has 7 atom stereocenters. The molecule has 2 aromatic rings. The molecule has 0 spiro atoms. The Morgan fingerprint density at radius 3 is 2.43 bits per heavy atom. The molecule has 3 aliphatic rings. The predicted octanol–water partition coefficient (Wildman–Crippen LogP) is 3.59. The summed E-state index contributed by atoms with van der Waals surface area (Å²) in [7, 11) is -0.863. The smallest absolute Gasteiger partial charge is 0.407 e. The Bertz CT molecular complexity index is 1510. The number of fused-ring (bicyclic) bond motifs is 1. The van der Waals surface area contributed by atoms with Crippen molar-refractivity contribution >= 4 is 27.9 Å². The number of hydrogen-bond donors (Lipinski definition) is 4. The third-order valence-corrected chi connectivity index (χ3v) is 11.6. The first kappa shape index (κ1) is 36.8. The molecule has 0 aromatic heterocycles. The second kappa shape index (κ2) is 16.1. The zero-order valence-electron chi connectivity index (χ0n) is 28.7. The number of nitrogens with one attached hydrogen (secondary N) is 3. The van der Waals surface area contributed by atoms with Crippen LogP contribution in [0.5, 0.6) is 0 Å². The number of amides is 2. The molecule has 13 nitrogen and oxygen atoms in total. The number of carbonyl (C=O) groups is 2. The Hall–Kier alpha value is -3.43. The highest BCUT2D eigenvalue weighted by molar-refractivity contribution is 7.89. The molecular formula is C35H50N4O9S. The van der Waals surface area contributed by atoms with Crippen LogP contribution in [0, 0.1) is 23.2 Å². The lowest BCUT2D eigenvalue weighted by molar-refractivity contribution is -0.169. The minimum Gasteiger partial charge on any atom is -0.450 e. The summed E-state index contributed by atoms with van der Waals surface area (Å²) in [4.78, 5) is 25.1. The number of rotatable bonds is 16. The van der Waals surface area contributed by atoms with Gasteiger partial charge in [-0.15, -0.1) is 0 Å². The van der Waals surface area contributed by atoms with Gasteiger partial charge in [0, 0.05) is 50.6 Å². The number of alkyl carbamates (subject to hydrolysis) is 2. The number of ether oxygens (including phenoxy) is 4. The minimum absolute atomic E-state index is 0.0552. The average molecular weight is 703 g/mol. The van der Waals surface area contributed by atoms with E-state index in [1.807, 2.05) is 44.2 Å². The minimum atomic E-state index is -4.09. The quantitative estimate of drug-likeness (QED) is 0.190.